The quantitative estimate of drug-likeness (QED) is 0.740. The Morgan fingerprint density at radius 2 is 2.07 bits per heavy atom. The van der Waals surface area contributed by atoms with Gasteiger partial charge in [0.05, 0.1) is 0 Å². The highest BCUT2D eigenvalue weighted by Crippen LogP contribution is 2.37. The Morgan fingerprint density at radius 1 is 1.36 bits per heavy atom. The van der Waals surface area contributed by atoms with Crippen molar-refractivity contribution in [1.29, 1.82) is 0 Å². The van der Waals surface area contributed by atoms with E-state index in [9.17, 15) is 4.79 Å². The average Bonchev–Trinajstić information content (AvgIpc) is 2.66. The molecule has 1 aliphatic carbocycles. The number of nitrogens with one attached hydrogen (secondary N) is 2. The summed E-state index contributed by atoms with van der Waals surface area (Å²) in [7, 11) is 1.68. The van der Waals surface area contributed by atoms with E-state index in [1.165, 1.54) is 6.42 Å². The van der Waals surface area contributed by atoms with E-state index in [1.54, 1.807) is 7.11 Å². The van der Waals surface area contributed by atoms with Crippen LogP contribution in [0.3, 0.4) is 0 Å². The highest BCUT2D eigenvalue weighted by molar-refractivity contribution is 5.01. The lowest BCUT2D eigenvalue weighted by Crippen LogP contribution is -2.32. The second-order valence-electron chi connectivity index (χ2n) is 3.79. The van der Waals surface area contributed by atoms with Gasteiger partial charge in [-0.15, -0.1) is 0 Å². The molecule has 0 unspecified atom stereocenters. The number of aromatic nitrogens is 3. The average molecular weight is 197 g/mol. The molecule has 5 heteroatoms. The van der Waals surface area contributed by atoms with Gasteiger partial charge in [0.25, 0.3) is 0 Å². The molecule has 1 fully saturated rings. The predicted molar refractivity (Wildman–Crippen MR) is 51.0 cm³/mol. The van der Waals surface area contributed by atoms with Gasteiger partial charge in [0.2, 0.25) is 0 Å². The van der Waals surface area contributed by atoms with E-state index in [2.05, 4.69) is 15.2 Å². The lowest BCUT2D eigenvalue weighted by Gasteiger charge is -2.33. The van der Waals surface area contributed by atoms with Crippen LogP contribution in [0.4, 0.5) is 0 Å². The van der Waals surface area contributed by atoms with Crippen LogP contribution >= 0.6 is 0 Å². The third kappa shape index (κ3) is 1.48. The Bertz CT molecular complexity index is 349. The maximum absolute atomic E-state index is 11.0. The van der Waals surface area contributed by atoms with Crippen molar-refractivity contribution in [2.24, 2.45) is 0 Å². The zero-order valence-electron chi connectivity index (χ0n) is 8.30. The highest BCUT2D eigenvalue weighted by atomic mass is 16.5. The number of H-pyrrole nitrogens is 2. The summed E-state index contributed by atoms with van der Waals surface area (Å²) < 4.78 is 5.53. The molecule has 0 amide bonds. The van der Waals surface area contributed by atoms with Crippen LogP contribution in [0, 0.1) is 0 Å². The van der Waals surface area contributed by atoms with Crippen molar-refractivity contribution in [2.45, 2.75) is 37.7 Å². The van der Waals surface area contributed by atoms with E-state index in [4.69, 9.17) is 4.74 Å². The van der Waals surface area contributed by atoms with Crippen LogP contribution in [0.15, 0.2) is 4.79 Å². The molecule has 1 heterocycles. The van der Waals surface area contributed by atoms with Gasteiger partial charge in [0.1, 0.15) is 5.60 Å². The van der Waals surface area contributed by atoms with Crippen LogP contribution in [0.1, 0.15) is 37.9 Å². The first-order valence-corrected chi connectivity index (χ1v) is 4.97. The number of methoxy groups -OCH3 is 1. The minimum absolute atomic E-state index is 0.262. The molecule has 1 aliphatic rings. The third-order valence-electron chi connectivity index (χ3n) is 2.98. The number of rotatable bonds is 2. The Balaban J connectivity index is 2.31. The summed E-state index contributed by atoms with van der Waals surface area (Å²) in [4.78, 5) is 13.7. The van der Waals surface area contributed by atoms with Gasteiger partial charge in [-0.05, 0) is 12.8 Å². The lowest BCUT2D eigenvalue weighted by atomic mass is 9.84. The van der Waals surface area contributed by atoms with Gasteiger partial charge >= 0.3 is 5.69 Å². The van der Waals surface area contributed by atoms with Crippen molar-refractivity contribution < 1.29 is 4.74 Å². The van der Waals surface area contributed by atoms with E-state index >= 15 is 0 Å². The summed E-state index contributed by atoms with van der Waals surface area (Å²) >= 11 is 0. The molecule has 0 aromatic carbocycles. The van der Waals surface area contributed by atoms with Crippen molar-refractivity contribution in [3.05, 3.63) is 16.3 Å². The van der Waals surface area contributed by atoms with Crippen LogP contribution in [0.2, 0.25) is 0 Å². The van der Waals surface area contributed by atoms with Crippen molar-refractivity contribution in [3.8, 4) is 0 Å². The first kappa shape index (κ1) is 9.45. The molecule has 0 aliphatic heterocycles. The Kier molecular flexibility index (Phi) is 2.41. The topological polar surface area (TPSA) is 70.8 Å². The molecule has 0 radical (unpaired) electrons. The van der Waals surface area contributed by atoms with Gasteiger partial charge in [-0.2, -0.15) is 5.10 Å². The van der Waals surface area contributed by atoms with Gasteiger partial charge < -0.3 is 4.74 Å². The molecule has 5 nitrogen and oxygen atoms in total. The van der Waals surface area contributed by atoms with Crippen LogP contribution in [0.5, 0.6) is 0 Å². The SMILES string of the molecule is COC1(c2n[nH]c(=O)[nH]2)CCCCC1. The minimum Gasteiger partial charge on any atom is -0.370 e. The normalized spacial score (nSPS) is 20.9. The molecule has 0 atom stereocenters. The van der Waals surface area contributed by atoms with E-state index < -0.39 is 0 Å². The number of nitrogens with zero attached hydrogens (tertiary/aromatic N) is 1. The first-order valence-electron chi connectivity index (χ1n) is 4.97. The second-order valence-corrected chi connectivity index (χ2v) is 3.79. The smallest absolute Gasteiger partial charge is 0.340 e. The van der Waals surface area contributed by atoms with Crippen molar-refractivity contribution in [1.82, 2.24) is 15.2 Å². The highest BCUT2D eigenvalue weighted by Gasteiger charge is 2.36. The standard InChI is InChI=1S/C9H15N3O2/c1-14-9(5-3-2-4-6-9)7-10-8(13)12-11-7/h2-6H2,1H3,(H2,10,11,12,13). The van der Waals surface area contributed by atoms with Crippen molar-refractivity contribution in [3.63, 3.8) is 0 Å². The molecular formula is C9H15N3O2. The van der Waals surface area contributed by atoms with Gasteiger partial charge in [0.15, 0.2) is 5.82 Å². The third-order valence-corrected chi connectivity index (χ3v) is 2.98. The summed E-state index contributed by atoms with van der Waals surface area (Å²) in [5, 5.41) is 6.35. The van der Waals surface area contributed by atoms with E-state index in [0.717, 1.165) is 25.7 Å². The minimum atomic E-state index is -0.364. The van der Waals surface area contributed by atoms with Gasteiger partial charge in [-0.3, -0.25) is 4.98 Å². The largest absolute Gasteiger partial charge is 0.370 e. The molecule has 2 N–H and O–H groups in total. The molecule has 0 saturated heterocycles. The van der Waals surface area contributed by atoms with E-state index in [1.807, 2.05) is 0 Å². The fourth-order valence-corrected chi connectivity index (χ4v) is 2.15. The molecule has 1 aromatic heterocycles. The fraction of sp³-hybridized carbons (Fsp3) is 0.778. The number of ether oxygens (including phenoxy) is 1. The van der Waals surface area contributed by atoms with Crippen LogP contribution in [0.25, 0.3) is 0 Å². The number of hydrogen-bond donors (Lipinski definition) is 2. The van der Waals surface area contributed by atoms with E-state index in [0.29, 0.717) is 5.82 Å². The molecule has 1 aromatic rings. The number of hydrogen-bond acceptors (Lipinski definition) is 3. The summed E-state index contributed by atoms with van der Waals surface area (Å²) in [6.07, 6.45) is 5.36. The molecule has 2 rings (SSSR count). The van der Waals surface area contributed by atoms with Crippen LogP contribution in [-0.4, -0.2) is 22.3 Å². The van der Waals surface area contributed by atoms with Crippen LogP contribution in [-0.2, 0) is 10.3 Å². The van der Waals surface area contributed by atoms with E-state index in [-0.39, 0.29) is 11.3 Å². The molecule has 0 spiro atoms. The van der Waals surface area contributed by atoms with Crippen molar-refractivity contribution in [2.75, 3.05) is 7.11 Å². The first-order chi connectivity index (χ1) is 6.77. The number of aromatic amines is 2. The second kappa shape index (κ2) is 3.57. The zero-order chi connectivity index (χ0) is 10.0. The van der Waals surface area contributed by atoms with Crippen molar-refractivity contribution >= 4 is 0 Å². The monoisotopic (exact) mass is 197 g/mol. The maximum atomic E-state index is 11.0. The Labute approximate surface area is 81.9 Å². The predicted octanol–water partition coefficient (Wildman–Crippen LogP) is 0.904. The van der Waals surface area contributed by atoms with Crippen LogP contribution < -0.4 is 5.69 Å². The molecule has 1 saturated carbocycles. The maximum Gasteiger partial charge on any atom is 0.340 e. The molecule has 14 heavy (non-hydrogen) atoms. The Morgan fingerprint density at radius 3 is 2.57 bits per heavy atom. The van der Waals surface area contributed by atoms with Gasteiger partial charge in [-0.25, -0.2) is 9.89 Å². The van der Waals surface area contributed by atoms with Gasteiger partial charge in [0, 0.05) is 7.11 Å². The lowest BCUT2D eigenvalue weighted by molar-refractivity contribution is -0.0512. The Hall–Kier alpha value is -1.10. The molecule has 0 bridgehead atoms. The molecule has 78 valence electrons. The zero-order valence-corrected chi connectivity index (χ0v) is 8.30. The fourth-order valence-electron chi connectivity index (χ4n) is 2.15. The summed E-state index contributed by atoms with van der Waals surface area (Å²) in [6.45, 7) is 0. The summed E-state index contributed by atoms with van der Waals surface area (Å²) in [6, 6.07) is 0. The summed E-state index contributed by atoms with van der Waals surface area (Å²) in [5.74, 6) is 0.643. The summed E-state index contributed by atoms with van der Waals surface area (Å²) in [5.41, 5.74) is -0.626. The molecular weight excluding hydrogens is 182 g/mol. The van der Waals surface area contributed by atoms with Gasteiger partial charge in [-0.1, -0.05) is 19.3 Å².